The van der Waals surface area contributed by atoms with Crippen LogP contribution in [0.1, 0.15) is 84.0 Å². The van der Waals surface area contributed by atoms with E-state index >= 15 is 0 Å². The van der Waals surface area contributed by atoms with Crippen LogP contribution < -0.4 is 10.6 Å². The average molecular weight is 254 g/mol. The van der Waals surface area contributed by atoms with E-state index < -0.39 is 0 Å². The quantitative estimate of drug-likeness (QED) is 0.510. The normalized spacial score (nSPS) is 16.5. The summed E-state index contributed by atoms with van der Waals surface area (Å²) in [6, 6.07) is 0. The van der Waals surface area contributed by atoms with Gasteiger partial charge < -0.3 is 10.6 Å². The summed E-state index contributed by atoms with van der Waals surface area (Å²) >= 11 is 0. The molecule has 1 aliphatic heterocycles. The van der Waals surface area contributed by atoms with Gasteiger partial charge in [-0.25, -0.2) is 0 Å². The fraction of sp³-hybridized carbons (Fsp3) is 1.00. The number of hydrogen-bond donors (Lipinski definition) is 2. The molecule has 0 radical (unpaired) electrons. The summed E-state index contributed by atoms with van der Waals surface area (Å²) in [5, 5.41) is 6.96. The Kier molecular flexibility index (Phi) is 10.6. The highest BCUT2D eigenvalue weighted by Crippen LogP contribution is 2.12. The van der Waals surface area contributed by atoms with E-state index in [1.54, 1.807) is 0 Å². The third kappa shape index (κ3) is 8.93. The zero-order valence-corrected chi connectivity index (χ0v) is 12.5. The Bertz CT molecular complexity index is 164. The molecule has 18 heavy (non-hydrogen) atoms. The molecular weight excluding hydrogens is 220 g/mol. The molecule has 1 saturated heterocycles. The monoisotopic (exact) mass is 254 g/mol. The largest absolute Gasteiger partial charge is 0.301 e. The Morgan fingerprint density at radius 1 is 0.667 bits per heavy atom. The lowest BCUT2D eigenvalue weighted by molar-refractivity contribution is 0.471. The van der Waals surface area contributed by atoms with Crippen LogP contribution in [0, 0.1) is 0 Å². The molecule has 0 amide bonds. The fourth-order valence-electron chi connectivity index (χ4n) is 2.78. The van der Waals surface area contributed by atoms with Gasteiger partial charge in [-0.15, -0.1) is 0 Å². The van der Waals surface area contributed by atoms with Gasteiger partial charge in [-0.05, 0) is 6.42 Å². The van der Waals surface area contributed by atoms with E-state index in [9.17, 15) is 0 Å². The highest BCUT2D eigenvalue weighted by atomic mass is 15.2. The second kappa shape index (κ2) is 12.0. The van der Waals surface area contributed by atoms with Gasteiger partial charge in [-0.2, -0.15) is 0 Å². The summed E-state index contributed by atoms with van der Waals surface area (Å²) in [6.07, 6.45) is 17.8. The third-order valence-corrected chi connectivity index (χ3v) is 4.00. The van der Waals surface area contributed by atoms with Crippen LogP contribution in [0.25, 0.3) is 0 Å². The zero-order valence-electron chi connectivity index (χ0n) is 12.5. The van der Waals surface area contributed by atoms with Crippen molar-refractivity contribution in [2.24, 2.45) is 0 Å². The lowest BCUT2D eigenvalue weighted by Crippen LogP contribution is -2.30. The smallest absolute Gasteiger partial charge is 0.0572 e. The molecule has 0 aliphatic carbocycles. The minimum Gasteiger partial charge on any atom is -0.301 e. The molecule has 0 spiro atoms. The van der Waals surface area contributed by atoms with Gasteiger partial charge in [-0.1, -0.05) is 77.6 Å². The molecule has 1 aliphatic rings. The predicted molar refractivity (Wildman–Crippen MR) is 80.9 cm³/mol. The third-order valence-electron chi connectivity index (χ3n) is 4.00. The number of hydrogen-bond acceptors (Lipinski definition) is 2. The lowest BCUT2D eigenvalue weighted by Gasteiger charge is -2.09. The number of rotatable bonds is 12. The van der Waals surface area contributed by atoms with Crippen LogP contribution in [-0.4, -0.2) is 19.3 Å². The summed E-state index contributed by atoms with van der Waals surface area (Å²) in [7, 11) is 0. The SMILES string of the molecule is CCCCCCCCCCCCCC1NCCN1. The van der Waals surface area contributed by atoms with Crippen molar-refractivity contribution in [3.63, 3.8) is 0 Å². The molecule has 0 aromatic rings. The van der Waals surface area contributed by atoms with Crippen molar-refractivity contribution in [2.45, 2.75) is 90.1 Å². The Labute approximate surface area is 114 Å². The van der Waals surface area contributed by atoms with Crippen LogP contribution in [0.4, 0.5) is 0 Å². The van der Waals surface area contributed by atoms with Crippen LogP contribution in [0.2, 0.25) is 0 Å². The van der Waals surface area contributed by atoms with E-state index in [0.29, 0.717) is 6.17 Å². The van der Waals surface area contributed by atoms with Crippen molar-refractivity contribution in [1.29, 1.82) is 0 Å². The van der Waals surface area contributed by atoms with Gasteiger partial charge in [-0.3, -0.25) is 0 Å². The molecule has 1 rings (SSSR count). The number of unbranched alkanes of at least 4 members (excludes halogenated alkanes) is 10. The summed E-state index contributed by atoms with van der Waals surface area (Å²) in [6.45, 7) is 4.60. The van der Waals surface area contributed by atoms with Crippen molar-refractivity contribution in [3.8, 4) is 0 Å². The van der Waals surface area contributed by atoms with Gasteiger partial charge in [0.25, 0.3) is 0 Å². The van der Waals surface area contributed by atoms with Crippen LogP contribution in [0.15, 0.2) is 0 Å². The molecule has 0 bridgehead atoms. The van der Waals surface area contributed by atoms with E-state index in [2.05, 4.69) is 17.6 Å². The fourth-order valence-corrected chi connectivity index (χ4v) is 2.78. The van der Waals surface area contributed by atoms with Crippen molar-refractivity contribution in [3.05, 3.63) is 0 Å². The van der Waals surface area contributed by atoms with Gasteiger partial charge in [0.05, 0.1) is 6.17 Å². The van der Waals surface area contributed by atoms with E-state index in [1.807, 2.05) is 0 Å². The van der Waals surface area contributed by atoms with E-state index in [-0.39, 0.29) is 0 Å². The summed E-state index contributed by atoms with van der Waals surface area (Å²) in [5.74, 6) is 0. The molecule has 2 heteroatoms. The maximum atomic E-state index is 3.48. The summed E-state index contributed by atoms with van der Waals surface area (Å²) in [5.41, 5.74) is 0. The molecule has 0 unspecified atom stereocenters. The second-order valence-corrected chi connectivity index (χ2v) is 5.79. The van der Waals surface area contributed by atoms with Crippen molar-refractivity contribution < 1.29 is 0 Å². The Balaban J connectivity index is 1.68. The first-order valence-corrected chi connectivity index (χ1v) is 8.40. The Hall–Kier alpha value is -0.0800. The molecule has 0 aromatic heterocycles. The van der Waals surface area contributed by atoms with Crippen molar-refractivity contribution in [2.75, 3.05) is 13.1 Å². The molecular formula is C16H34N2. The lowest BCUT2D eigenvalue weighted by atomic mass is 10.0. The Morgan fingerprint density at radius 2 is 1.11 bits per heavy atom. The van der Waals surface area contributed by atoms with E-state index in [1.165, 1.54) is 77.0 Å². The summed E-state index contributed by atoms with van der Waals surface area (Å²) in [4.78, 5) is 0. The topological polar surface area (TPSA) is 24.1 Å². The number of nitrogens with one attached hydrogen (secondary N) is 2. The molecule has 0 atom stereocenters. The first-order valence-electron chi connectivity index (χ1n) is 8.40. The van der Waals surface area contributed by atoms with Crippen LogP contribution >= 0.6 is 0 Å². The first-order chi connectivity index (χ1) is 8.93. The molecule has 1 heterocycles. The van der Waals surface area contributed by atoms with Crippen molar-refractivity contribution >= 4 is 0 Å². The average Bonchev–Trinajstić information content (AvgIpc) is 2.89. The van der Waals surface area contributed by atoms with Gasteiger partial charge in [0, 0.05) is 13.1 Å². The standard InChI is InChI=1S/C16H34N2/c1-2-3-4-5-6-7-8-9-10-11-12-13-16-17-14-15-18-16/h16-18H,2-15H2,1H3. The predicted octanol–water partition coefficient (Wildman–Crippen LogP) is 4.21. The van der Waals surface area contributed by atoms with E-state index in [0.717, 1.165) is 13.1 Å². The highest BCUT2D eigenvalue weighted by molar-refractivity contribution is 4.72. The maximum Gasteiger partial charge on any atom is 0.0572 e. The minimum atomic E-state index is 0.614. The van der Waals surface area contributed by atoms with Gasteiger partial charge >= 0.3 is 0 Å². The molecule has 2 nitrogen and oxygen atoms in total. The first kappa shape index (κ1) is 16.0. The van der Waals surface area contributed by atoms with E-state index in [4.69, 9.17) is 0 Å². The van der Waals surface area contributed by atoms with Crippen LogP contribution in [0.5, 0.6) is 0 Å². The molecule has 1 fully saturated rings. The maximum absolute atomic E-state index is 3.48. The van der Waals surface area contributed by atoms with Crippen LogP contribution in [-0.2, 0) is 0 Å². The highest BCUT2D eigenvalue weighted by Gasteiger charge is 2.11. The van der Waals surface area contributed by atoms with Crippen LogP contribution in [0.3, 0.4) is 0 Å². The molecule has 0 aromatic carbocycles. The van der Waals surface area contributed by atoms with Gasteiger partial charge in [0.2, 0.25) is 0 Å². The molecule has 0 saturated carbocycles. The molecule has 2 N–H and O–H groups in total. The van der Waals surface area contributed by atoms with Gasteiger partial charge in [0.15, 0.2) is 0 Å². The Morgan fingerprint density at radius 3 is 1.61 bits per heavy atom. The second-order valence-electron chi connectivity index (χ2n) is 5.79. The zero-order chi connectivity index (χ0) is 12.9. The summed E-state index contributed by atoms with van der Waals surface area (Å²) < 4.78 is 0. The minimum absolute atomic E-state index is 0.614. The van der Waals surface area contributed by atoms with Crippen molar-refractivity contribution in [1.82, 2.24) is 10.6 Å². The molecule has 108 valence electrons. The van der Waals surface area contributed by atoms with Gasteiger partial charge in [0.1, 0.15) is 0 Å².